The molecule has 8 aromatic rings. The van der Waals surface area contributed by atoms with E-state index in [1.807, 2.05) is 160 Å². The smallest absolute Gasteiger partial charge is 0.323 e. The third kappa shape index (κ3) is 37.9. The molecule has 135 heavy (non-hydrogen) atoms. The number of nitrogen functional groups attached to an aromatic ring is 1. The number of carbonyl (C=O) groups is 13. The zero-order chi connectivity index (χ0) is 99.5. The summed E-state index contributed by atoms with van der Waals surface area (Å²) in [6, 6.07) is 54.4. The number of amides is 11. The summed E-state index contributed by atoms with van der Waals surface area (Å²) in [5, 5.41) is 46.2. The van der Waals surface area contributed by atoms with Crippen molar-refractivity contribution in [2.24, 2.45) is 22.7 Å². The number of hydrogen-bond acceptors (Lipinski definition) is 19. The van der Waals surface area contributed by atoms with Crippen molar-refractivity contribution < 1.29 is 91.9 Å². The molecule has 33 nitrogen and oxygen atoms in total. The quantitative estimate of drug-likeness (QED) is 0.00862. The predicted octanol–water partition coefficient (Wildman–Crippen LogP) is 15.3. The van der Waals surface area contributed by atoms with Gasteiger partial charge in [0.05, 0.1) is 70.9 Å². The molecule has 33 heteroatoms. The van der Waals surface area contributed by atoms with E-state index in [0.717, 1.165) is 69.0 Å². The molecule has 3 saturated heterocycles. The summed E-state index contributed by atoms with van der Waals surface area (Å²) in [5.74, 6) is -2.91. The molecule has 8 aromatic carbocycles. The van der Waals surface area contributed by atoms with E-state index in [9.17, 15) is 67.1 Å². The summed E-state index contributed by atoms with van der Waals surface area (Å²) >= 11 is 0. The van der Waals surface area contributed by atoms with Crippen LogP contribution in [0, 0.1) is 45.4 Å². The van der Waals surface area contributed by atoms with Crippen LogP contribution in [0.25, 0.3) is 0 Å². The number of ether oxygens (including phenoxy) is 2. The summed E-state index contributed by atoms with van der Waals surface area (Å²) in [4.78, 5) is 179. The topological polar surface area (TPSA) is 457 Å². The molecule has 3 fully saturated rings. The molecule has 0 aliphatic carbocycles. The average molecular weight is 1860 g/mol. The Kier molecular flexibility index (Phi) is 45.0. The number of piperazine rings is 3. The molecule has 3 aliphatic rings. The number of aliphatic carboxylic acids is 3. The van der Waals surface area contributed by atoms with Crippen LogP contribution in [0.2, 0.25) is 0 Å². The van der Waals surface area contributed by atoms with Gasteiger partial charge in [0.15, 0.2) is 0 Å². The minimum atomic E-state index is -0.954. The highest BCUT2D eigenvalue weighted by Gasteiger charge is 2.42. The third-order valence-electron chi connectivity index (χ3n) is 22.1. The number of nitrogens with zero attached hydrogens (tertiary/aromatic N) is 6. The molecular weight excluding hydrogens is 1730 g/mol. The highest BCUT2D eigenvalue weighted by molar-refractivity contribution is 6.02. The number of urea groups is 3. The Morgan fingerprint density at radius 3 is 1.04 bits per heavy atom. The number of nitrogens with one attached hydrogen (secondary N) is 7. The molecule has 11 amide bonds. The van der Waals surface area contributed by atoms with E-state index in [0.29, 0.717) is 85.5 Å². The van der Waals surface area contributed by atoms with Gasteiger partial charge in [-0.15, -0.1) is 0 Å². The van der Waals surface area contributed by atoms with E-state index in [2.05, 4.69) is 60.8 Å². The summed E-state index contributed by atoms with van der Waals surface area (Å²) in [6.07, 6.45) is 3.94. The first-order chi connectivity index (χ1) is 64.1. The number of methoxy groups -OCH3 is 2. The molecule has 3 aliphatic heterocycles. The molecule has 11 rings (SSSR count). The van der Waals surface area contributed by atoms with Crippen LogP contribution in [-0.2, 0) is 87.9 Å². The van der Waals surface area contributed by atoms with Crippen LogP contribution in [0.4, 0.5) is 59.9 Å². The van der Waals surface area contributed by atoms with E-state index >= 15 is 0 Å². The van der Waals surface area contributed by atoms with E-state index in [-0.39, 0.29) is 134 Å². The van der Waals surface area contributed by atoms with Crippen LogP contribution in [-0.4, -0.2) is 213 Å². The Labute approximate surface area is 789 Å². The Bertz CT molecular complexity index is 5340. The number of aliphatic imine (C=N–C) groups is 1. The van der Waals surface area contributed by atoms with Gasteiger partial charge < -0.3 is 92.2 Å². The van der Waals surface area contributed by atoms with E-state index < -0.39 is 36.0 Å². The zero-order valence-corrected chi connectivity index (χ0v) is 79.6. The Balaban J connectivity index is 0.000000265. The normalized spacial score (nSPS) is 15.0. The number of aryl methyl sites for hydroxylation is 4. The van der Waals surface area contributed by atoms with Crippen LogP contribution in [0.15, 0.2) is 199 Å². The number of rotatable bonds is 30. The van der Waals surface area contributed by atoms with Crippen molar-refractivity contribution in [1.29, 1.82) is 0 Å². The van der Waals surface area contributed by atoms with E-state index in [1.165, 1.54) is 20.3 Å². The number of carboxylic acid groups (broad SMARTS) is 3. The Morgan fingerprint density at radius 2 is 0.719 bits per heavy atom. The second-order valence-corrected chi connectivity index (χ2v) is 34.4. The summed E-state index contributed by atoms with van der Waals surface area (Å²) in [6.45, 7) is 28.2. The van der Waals surface area contributed by atoms with Crippen molar-refractivity contribution in [3.8, 4) is 0 Å². The van der Waals surface area contributed by atoms with Gasteiger partial charge in [-0.05, 0) is 203 Å². The lowest BCUT2D eigenvalue weighted by Gasteiger charge is -2.43. The molecule has 12 N–H and O–H groups in total. The number of benzene rings is 8. The number of hydrogen-bond donors (Lipinski definition) is 11. The molecule has 0 saturated carbocycles. The number of nitrogens with two attached hydrogens (primary N) is 1. The summed E-state index contributed by atoms with van der Waals surface area (Å²) < 4.78 is 9.40. The van der Waals surface area contributed by atoms with Gasteiger partial charge in [-0.2, -0.15) is 4.99 Å². The maximum atomic E-state index is 13.4. The van der Waals surface area contributed by atoms with Gasteiger partial charge in [-0.25, -0.2) is 19.2 Å². The van der Waals surface area contributed by atoms with Crippen LogP contribution >= 0.6 is 0 Å². The van der Waals surface area contributed by atoms with Crippen molar-refractivity contribution in [2.75, 3.05) is 91.1 Å². The zero-order valence-electron chi connectivity index (χ0n) is 79.6. The van der Waals surface area contributed by atoms with Gasteiger partial charge in [-0.1, -0.05) is 163 Å². The van der Waals surface area contributed by atoms with Crippen molar-refractivity contribution >= 4 is 129 Å². The van der Waals surface area contributed by atoms with E-state index in [4.69, 9.17) is 25.8 Å². The number of isocyanates is 1. The highest BCUT2D eigenvalue weighted by atomic mass is 16.5. The number of para-hydroxylation sites is 4. The standard InChI is InChI=1S/C29H38N4O5.C28H36N4O5.C16H16N2O3.C13H24N2O3.C8H9NO2.C8H7NO/c1-19(2)16-25-28(36)32(21(4)17-27(35)38-5)14-15-33(25)26(34)18-22-10-12-23(13-11-22)30-29(37)31-24-9-7-6-8-20(24)3;1-18(2)15-24-27(36)31(20(4)16-26(34)35)13-14-32(24)25(33)17-21-9-11-22(12-10-21)29-28(37)30-23-8-6-5-7-19(23)3;1-11-4-2-3-5-14(11)18-16(21)17-13-8-6-12(7-9-13)10-15(19)20;1-9(2)7-11-13(17)15(6-5-14-11)10(3)8-12(16)18-4;9-7-3-1-6(2-4-7)5-8(10)11;1-7-4-2-3-5-8(7)9-6-10/h6-13,19,21,25H,14-18H2,1-5H3,(H2,30,31,37);5-12,18,20,24H,13-17H2,1-4H3,(H,34,35)(H2,29,30,37);2-9H,10H2,1H3,(H,19,20)(H2,17,18,21);9-11,14H,5-8H2,1-4H3;1-4H,5,9H2,(H,10,11);2-5H,1H3/t21?,25-;20?,24-;;10?,11-;;/m00.0../s1. The fraction of sp³-hybridized carbons (Fsp3) is 0.392. The van der Waals surface area contributed by atoms with Crippen LogP contribution in [0.3, 0.4) is 0 Å². The van der Waals surface area contributed by atoms with Crippen LogP contribution < -0.4 is 43.0 Å². The first-order valence-electron chi connectivity index (χ1n) is 44.8. The van der Waals surface area contributed by atoms with Crippen LogP contribution in [0.1, 0.15) is 145 Å². The minimum Gasteiger partial charge on any atom is -0.481 e. The van der Waals surface area contributed by atoms with Crippen molar-refractivity contribution in [2.45, 2.75) is 190 Å². The lowest BCUT2D eigenvalue weighted by atomic mass is 9.97. The monoisotopic (exact) mass is 1850 g/mol. The lowest BCUT2D eigenvalue weighted by molar-refractivity contribution is -0.155. The Hall–Kier alpha value is -14.6. The summed E-state index contributed by atoms with van der Waals surface area (Å²) in [7, 11) is 2.70. The second-order valence-electron chi connectivity index (χ2n) is 34.4. The molecule has 0 bridgehead atoms. The molecule has 0 spiro atoms. The Morgan fingerprint density at radius 1 is 0.400 bits per heavy atom. The van der Waals surface area contributed by atoms with Gasteiger partial charge in [0, 0.05) is 97.2 Å². The maximum absolute atomic E-state index is 13.4. The molecule has 0 radical (unpaired) electrons. The largest absolute Gasteiger partial charge is 0.481 e. The molecule has 722 valence electrons. The lowest BCUT2D eigenvalue weighted by Crippen LogP contribution is -2.61. The molecule has 6 atom stereocenters. The maximum Gasteiger partial charge on any atom is 0.323 e. The molecular formula is C102H130N14O19. The SMILES string of the molecule is COC(=O)CC(C)N1CCN(C(=O)Cc2ccc(NC(=O)Nc3ccccc3C)cc2)[C@@H](CC(C)C)C1=O.COC(=O)CC(C)N1CCN[C@@H](CC(C)C)C1=O.Cc1ccccc1N=C=O.Cc1ccccc1NC(=O)Nc1ccc(CC(=O)N2CCN(C(C)CC(=O)O)C(=O)[C@@H]2CC(C)C)cc1.Cc1ccccc1NC(=O)Nc1ccc(CC(=O)O)cc1.Nc1ccc(CC(=O)O)cc1. The van der Waals surface area contributed by atoms with Gasteiger partial charge >= 0.3 is 47.9 Å². The van der Waals surface area contributed by atoms with Gasteiger partial charge in [0.25, 0.3) is 0 Å². The van der Waals surface area contributed by atoms with Crippen molar-refractivity contribution in [1.82, 2.24) is 29.8 Å². The molecule has 3 unspecified atom stereocenters. The van der Waals surface area contributed by atoms with Crippen LogP contribution in [0.5, 0.6) is 0 Å². The first-order valence-corrected chi connectivity index (χ1v) is 44.8. The second kappa shape index (κ2) is 55.7. The fourth-order valence-corrected chi connectivity index (χ4v) is 14.9. The van der Waals surface area contributed by atoms with Gasteiger partial charge in [0.2, 0.25) is 35.6 Å². The summed E-state index contributed by atoms with van der Waals surface area (Å²) in [5.41, 5.74) is 17.7. The molecule has 3 heterocycles. The highest BCUT2D eigenvalue weighted by Crippen LogP contribution is 2.28. The number of esters is 2. The third-order valence-corrected chi connectivity index (χ3v) is 22.1. The van der Waals surface area contributed by atoms with Crippen molar-refractivity contribution in [3.63, 3.8) is 0 Å². The van der Waals surface area contributed by atoms with Gasteiger partial charge in [0.1, 0.15) is 12.1 Å². The van der Waals surface area contributed by atoms with Crippen molar-refractivity contribution in [3.05, 3.63) is 239 Å². The number of anilines is 7. The van der Waals surface area contributed by atoms with E-state index in [1.54, 1.807) is 135 Å². The number of carbonyl (C=O) groups excluding carboxylic acids is 11. The average Bonchev–Trinajstić information content (AvgIpc) is 0.800. The number of carboxylic acids is 3. The first kappa shape index (κ1) is 109. The minimum absolute atomic E-state index is 0.0321. The van der Waals surface area contributed by atoms with Gasteiger partial charge in [-0.3, -0.25) is 47.9 Å². The fourth-order valence-electron chi connectivity index (χ4n) is 14.9. The predicted molar refractivity (Wildman–Crippen MR) is 521 cm³/mol. The molecule has 0 aromatic heterocycles.